The Morgan fingerprint density at radius 2 is 1.62 bits per heavy atom. The Balaban J connectivity index is 1.34. The van der Waals surface area contributed by atoms with Gasteiger partial charge in [0, 0.05) is 35.7 Å². The monoisotopic (exact) mass is 570 g/mol. The number of imidazole rings is 1. The van der Waals surface area contributed by atoms with Crippen LogP contribution >= 0.6 is 0 Å². The number of aromatic nitrogens is 4. The van der Waals surface area contributed by atoms with E-state index in [-0.39, 0.29) is 11.2 Å². The first-order valence-electron chi connectivity index (χ1n) is 13.1. The summed E-state index contributed by atoms with van der Waals surface area (Å²) in [5, 5.41) is 6.36. The van der Waals surface area contributed by atoms with E-state index < -0.39 is 6.03 Å². The first-order chi connectivity index (χ1) is 20.1. The van der Waals surface area contributed by atoms with Gasteiger partial charge in [0.05, 0.1) is 25.9 Å². The minimum absolute atomic E-state index is 0.297. The molecule has 0 bridgehead atoms. The van der Waals surface area contributed by atoms with Crippen LogP contribution in [-0.2, 0) is 12.5 Å². The van der Waals surface area contributed by atoms with Crippen molar-refractivity contribution >= 4 is 28.6 Å². The highest BCUT2D eigenvalue weighted by molar-refractivity contribution is 6.00. The summed E-state index contributed by atoms with van der Waals surface area (Å²) in [6.07, 6.45) is 3.15. The molecule has 5 rings (SSSR count). The molecule has 0 aliphatic heterocycles. The van der Waals surface area contributed by atoms with E-state index in [0.717, 1.165) is 11.2 Å². The molecule has 0 radical (unpaired) electrons. The Morgan fingerprint density at radius 3 is 2.26 bits per heavy atom. The predicted octanol–water partition coefficient (Wildman–Crippen LogP) is 6.92. The van der Waals surface area contributed by atoms with Gasteiger partial charge in [0.1, 0.15) is 40.5 Å². The van der Waals surface area contributed by atoms with Crippen molar-refractivity contribution in [2.75, 3.05) is 24.9 Å². The molecule has 0 aliphatic rings. The smallest absolute Gasteiger partial charge is 0.326 e. The fourth-order valence-corrected chi connectivity index (χ4v) is 4.55. The van der Waals surface area contributed by atoms with Crippen LogP contribution in [0.15, 0.2) is 67.0 Å². The lowest BCUT2D eigenvalue weighted by atomic mass is 9.96. The summed E-state index contributed by atoms with van der Waals surface area (Å²) < 4.78 is 32.3. The van der Waals surface area contributed by atoms with Crippen LogP contribution in [0.25, 0.3) is 22.2 Å². The van der Waals surface area contributed by atoms with E-state index in [9.17, 15) is 9.18 Å². The first kappa shape index (κ1) is 28.3. The molecule has 2 amide bonds. The minimum atomic E-state index is -0.510. The fraction of sp³-hybridized carbons (Fsp3) is 0.226. The molecule has 0 fully saturated rings. The summed E-state index contributed by atoms with van der Waals surface area (Å²) in [5.41, 5.74) is 1.59. The normalized spacial score (nSPS) is 11.3. The van der Waals surface area contributed by atoms with Crippen LogP contribution in [-0.4, -0.2) is 39.8 Å². The molecule has 0 aliphatic carbocycles. The van der Waals surface area contributed by atoms with Crippen LogP contribution in [0.2, 0.25) is 0 Å². The number of ether oxygens (including phenoxy) is 3. The average molecular weight is 571 g/mol. The molecule has 216 valence electrons. The molecule has 2 aromatic carbocycles. The number of fused-ring (bicyclic) bond motifs is 1. The number of amides is 2. The predicted molar refractivity (Wildman–Crippen MR) is 159 cm³/mol. The SMILES string of the molecule is COc1cc2nccc(Oc3ccc(NC(=O)Nc4c(-c5ccc(F)cc5)nc(C(C)(C)C)n4C)nc3)c2cc1OC. The molecule has 11 heteroatoms. The Kier molecular flexibility index (Phi) is 7.66. The van der Waals surface area contributed by atoms with Gasteiger partial charge in [0.2, 0.25) is 0 Å². The second-order valence-corrected chi connectivity index (χ2v) is 10.5. The van der Waals surface area contributed by atoms with Gasteiger partial charge in [-0.15, -0.1) is 0 Å². The lowest BCUT2D eigenvalue weighted by Gasteiger charge is -2.18. The summed E-state index contributed by atoms with van der Waals surface area (Å²) in [6.45, 7) is 6.09. The maximum atomic E-state index is 13.6. The topological polar surface area (TPSA) is 112 Å². The molecule has 3 heterocycles. The van der Waals surface area contributed by atoms with Crippen molar-refractivity contribution in [2.45, 2.75) is 26.2 Å². The number of urea groups is 1. The second kappa shape index (κ2) is 11.4. The average Bonchev–Trinajstić information content (AvgIpc) is 3.29. The standard InChI is InChI=1S/C31H31FN6O4/c1-31(2,3)29-36-27(18-7-9-19(32)10-8-18)28(38(29)4)37-30(39)35-26-12-11-20(17-34-26)42-23-13-14-33-22-16-25(41-6)24(40-5)15-21(22)23/h7-17H,1-6H3,(H2,34,35,37,39). The number of carbonyl (C=O) groups is 1. The van der Waals surface area contributed by atoms with Crippen molar-refractivity contribution < 1.29 is 23.4 Å². The summed E-state index contributed by atoms with van der Waals surface area (Å²) in [6, 6.07) is 14.1. The molecule has 0 saturated heterocycles. The van der Waals surface area contributed by atoms with Crippen LogP contribution < -0.4 is 24.8 Å². The highest BCUT2D eigenvalue weighted by Gasteiger charge is 2.26. The van der Waals surface area contributed by atoms with Gasteiger partial charge in [-0.2, -0.15) is 0 Å². The van der Waals surface area contributed by atoms with Gasteiger partial charge < -0.3 is 18.8 Å². The van der Waals surface area contributed by atoms with E-state index in [1.165, 1.54) is 18.3 Å². The summed E-state index contributed by atoms with van der Waals surface area (Å²) in [4.78, 5) is 26.5. The maximum Gasteiger partial charge on any atom is 0.326 e. The number of hydrogen-bond acceptors (Lipinski definition) is 7. The zero-order valence-electron chi connectivity index (χ0n) is 24.2. The molecule has 2 N–H and O–H groups in total. The highest BCUT2D eigenvalue weighted by Crippen LogP contribution is 2.37. The third-order valence-corrected chi connectivity index (χ3v) is 6.53. The molecule has 0 unspecified atom stereocenters. The van der Waals surface area contributed by atoms with E-state index in [0.29, 0.717) is 51.4 Å². The number of carbonyl (C=O) groups excluding carboxylic acids is 1. The molecule has 0 atom stereocenters. The number of nitrogens with one attached hydrogen (secondary N) is 2. The largest absolute Gasteiger partial charge is 0.493 e. The third-order valence-electron chi connectivity index (χ3n) is 6.53. The molecule has 42 heavy (non-hydrogen) atoms. The molecular weight excluding hydrogens is 539 g/mol. The molecular formula is C31H31FN6O4. The number of halogens is 1. The van der Waals surface area contributed by atoms with Crippen molar-refractivity contribution in [2.24, 2.45) is 7.05 Å². The Labute approximate surface area is 242 Å². The minimum Gasteiger partial charge on any atom is -0.493 e. The zero-order valence-corrected chi connectivity index (χ0v) is 24.2. The van der Waals surface area contributed by atoms with Gasteiger partial charge in [-0.05, 0) is 48.5 Å². The van der Waals surface area contributed by atoms with Crippen LogP contribution in [0.3, 0.4) is 0 Å². The Morgan fingerprint density at radius 1 is 0.905 bits per heavy atom. The molecule has 0 spiro atoms. The van der Waals surface area contributed by atoms with Gasteiger partial charge in [-0.3, -0.25) is 15.6 Å². The van der Waals surface area contributed by atoms with Crippen LogP contribution in [0, 0.1) is 5.82 Å². The van der Waals surface area contributed by atoms with Gasteiger partial charge in [-0.25, -0.2) is 19.2 Å². The quantitative estimate of drug-likeness (QED) is 0.218. The number of pyridine rings is 2. The molecule has 10 nitrogen and oxygen atoms in total. The van der Waals surface area contributed by atoms with Crippen LogP contribution in [0.4, 0.5) is 20.8 Å². The zero-order chi connectivity index (χ0) is 30.0. The number of methoxy groups -OCH3 is 2. The van der Waals surface area contributed by atoms with Crippen molar-refractivity contribution in [1.29, 1.82) is 0 Å². The van der Waals surface area contributed by atoms with E-state index in [2.05, 4.69) is 20.6 Å². The van der Waals surface area contributed by atoms with E-state index in [4.69, 9.17) is 19.2 Å². The van der Waals surface area contributed by atoms with Crippen molar-refractivity contribution in [3.8, 4) is 34.3 Å². The number of benzene rings is 2. The van der Waals surface area contributed by atoms with Gasteiger partial charge in [0.15, 0.2) is 11.5 Å². The third kappa shape index (κ3) is 5.80. The highest BCUT2D eigenvalue weighted by atomic mass is 19.1. The van der Waals surface area contributed by atoms with E-state index in [1.807, 2.05) is 32.4 Å². The van der Waals surface area contributed by atoms with E-state index in [1.54, 1.807) is 62.9 Å². The second-order valence-electron chi connectivity index (χ2n) is 10.5. The van der Waals surface area contributed by atoms with Gasteiger partial charge in [-0.1, -0.05) is 20.8 Å². The molecule has 3 aromatic heterocycles. The molecule has 5 aromatic rings. The summed E-state index contributed by atoms with van der Waals surface area (Å²) >= 11 is 0. The Hall–Kier alpha value is -5.19. The molecule has 0 saturated carbocycles. The summed E-state index contributed by atoms with van der Waals surface area (Å²) in [7, 11) is 4.96. The number of anilines is 2. The van der Waals surface area contributed by atoms with E-state index >= 15 is 0 Å². The van der Waals surface area contributed by atoms with Gasteiger partial charge in [0.25, 0.3) is 0 Å². The van der Waals surface area contributed by atoms with Crippen LogP contribution in [0.5, 0.6) is 23.0 Å². The number of hydrogen-bond donors (Lipinski definition) is 2. The summed E-state index contributed by atoms with van der Waals surface area (Å²) in [5.74, 6) is 3.33. The lowest BCUT2D eigenvalue weighted by molar-refractivity contribution is 0.262. The van der Waals surface area contributed by atoms with Crippen molar-refractivity contribution in [3.05, 3.63) is 78.6 Å². The van der Waals surface area contributed by atoms with Crippen molar-refractivity contribution in [3.63, 3.8) is 0 Å². The van der Waals surface area contributed by atoms with Crippen molar-refractivity contribution in [1.82, 2.24) is 19.5 Å². The fourth-order valence-electron chi connectivity index (χ4n) is 4.55. The van der Waals surface area contributed by atoms with Crippen LogP contribution in [0.1, 0.15) is 26.6 Å². The lowest BCUT2D eigenvalue weighted by Crippen LogP contribution is -2.23. The first-order valence-corrected chi connectivity index (χ1v) is 13.1. The number of nitrogens with zero attached hydrogens (tertiary/aromatic N) is 4. The maximum absolute atomic E-state index is 13.6. The van der Waals surface area contributed by atoms with Gasteiger partial charge >= 0.3 is 6.03 Å². The Bertz CT molecular complexity index is 1750. The number of rotatable bonds is 7.